The van der Waals surface area contributed by atoms with E-state index in [-0.39, 0.29) is 11.5 Å². The number of hydrogen-bond donors (Lipinski definition) is 0. The first-order valence-electron chi connectivity index (χ1n) is 7.35. The van der Waals surface area contributed by atoms with Crippen LogP contribution in [0.3, 0.4) is 0 Å². The summed E-state index contributed by atoms with van der Waals surface area (Å²) in [5.41, 5.74) is 1.26. The lowest BCUT2D eigenvalue weighted by molar-refractivity contribution is -0.384. The summed E-state index contributed by atoms with van der Waals surface area (Å²) >= 11 is 5.80. The number of nitro groups is 1. The number of allylic oxidation sites excluding steroid dienone is 1. The fourth-order valence-electron chi connectivity index (χ4n) is 2.21. The fourth-order valence-corrected chi connectivity index (χ4v) is 2.34. The molecule has 1 aromatic heterocycles. The van der Waals surface area contributed by atoms with Crippen LogP contribution in [0.4, 0.5) is 5.69 Å². The molecule has 2 aromatic carbocycles. The maximum absolute atomic E-state index is 12.1. The minimum atomic E-state index is -0.456. The Labute approximate surface area is 148 Å². The molecular weight excluding hydrogens is 342 g/mol. The Bertz CT molecular complexity index is 940. The van der Waals surface area contributed by atoms with E-state index < -0.39 is 4.92 Å². The summed E-state index contributed by atoms with van der Waals surface area (Å²) < 4.78 is 5.65. The predicted molar refractivity (Wildman–Crippen MR) is 95.6 cm³/mol. The van der Waals surface area contributed by atoms with Gasteiger partial charge < -0.3 is 4.42 Å². The second-order valence-electron chi connectivity index (χ2n) is 5.21. The van der Waals surface area contributed by atoms with Gasteiger partial charge in [-0.25, -0.2) is 0 Å². The number of non-ortho nitro benzene ring substituents is 1. The maximum atomic E-state index is 12.1. The van der Waals surface area contributed by atoms with Crippen molar-refractivity contribution in [2.75, 3.05) is 0 Å². The topological polar surface area (TPSA) is 73.3 Å². The Morgan fingerprint density at radius 1 is 1.00 bits per heavy atom. The summed E-state index contributed by atoms with van der Waals surface area (Å²) in [6.45, 7) is 0. The highest BCUT2D eigenvalue weighted by Gasteiger charge is 2.08. The van der Waals surface area contributed by atoms with Gasteiger partial charge in [0.15, 0.2) is 5.78 Å². The monoisotopic (exact) mass is 353 g/mol. The van der Waals surface area contributed by atoms with Crippen molar-refractivity contribution < 1.29 is 14.1 Å². The number of benzene rings is 2. The number of nitro benzene ring substituents is 1. The van der Waals surface area contributed by atoms with Gasteiger partial charge in [0, 0.05) is 28.3 Å². The predicted octanol–water partition coefficient (Wildman–Crippen LogP) is 5.40. The summed E-state index contributed by atoms with van der Waals surface area (Å²) in [5, 5.41) is 11.2. The molecule has 0 saturated heterocycles. The first-order valence-corrected chi connectivity index (χ1v) is 7.73. The molecule has 0 bridgehead atoms. The van der Waals surface area contributed by atoms with E-state index >= 15 is 0 Å². The molecule has 0 saturated carbocycles. The van der Waals surface area contributed by atoms with Gasteiger partial charge in [0.05, 0.1) is 4.92 Å². The molecule has 0 aliphatic carbocycles. The number of nitrogens with zero attached hydrogens (tertiary/aromatic N) is 1. The van der Waals surface area contributed by atoms with E-state index in [0.717, 1.165) is 0 Å². The van der Waals surface area contributed by atoms with E-state index in [0.29, 0.717) is 27.7 Å². The van der Waals surface area contributed by atoms with E-state index in [1.165, 1.54) is 18.2 Å². The molecule has 0 unspecified atom stereocenters. The Morgan fingerprint density at radius 3 is 2.32 bits per heavy atom. The van der Waals surface area contributed by atoms with Gasteiger partial charge in [0.25, 0.3) is 5.69 Å². The second-order valence-corrected chi connectivity index (χ2v) is 5.65. The van der Waals surface area contributed by atoms with Gasteiger partial charge in [0.1, 0.15) is 11.5 Å². The number of halogens is 1. The Balaban J connectivity index is 1.73. The van der Waals surface area contributed by atoms with Crippen LogP contribution in [-0.2, 0) is 0 Å². The van der Waals surface area contributed by atoms with Crippen molar-refractivity contribution in [2.45, 2.75) is 0 Å². The van der Waals surface area contributed by atoms with E-state index in [2.05, 4.69) is 0 Å². The molecular formula is C19H12ClNO4. The number of rotatable bonds is 5. The summed E-state index contributed by atoms with van der Waals surface area (Å²) in [6.07, 6.45) is 2.99. The smallest absolute Gasteiger partial charge is 0.269 e. The molecule has 6 heteroatoms. The van der Waals surface area contributed by atoms with Crippen molar-refractivity contribution in [1.82, 2.24) is 0 Å². The summed E-state index contributed by atoms with van der Waals surface area (Å²) in [6, 6.07) is 16.1. The summed E-state index contributed by atoms with van der Waals surface area (Å²) in [5.74, 6) is 0.911. The van der Waals surface area contributed by atoms with Gasteiger partial charge >= 0.3 is 0 Å². The average Bonchev–Trinajstić information content (AvgIpc) is 3.09. The van der Waals surface area contributed by atoms with Crippen LogP contribution >= 0.6 is 11.6 Å². The lowest BCUT2D eigenvalue weighted by atomic mass is 10.1. The van der Waals surface area contributed by atoms with Crippen molar-refractivity contribution in [3.63, 3.8) is 0 Å². The maximum Gasteiger partial charge on any atom is 0.269 e. The molecule has 0 spiro atoms. The lowest BCUT2D eigenvalue weighted by Crippen LogP contribution is -1.92. The highest BCUT2D eigenvalue weighted by atomic mass is 35.5. The van der Waals surface area contributed by atoms with Crippen LogP contribution in [0.25, 0.3) is 17.4 Å². The summed E-state index contributed by atoms with van der Waals surface area (Å²) in [4.78, 5) is 22.3. The molecule has 124 valence electrons. The Hall–Kier alpha value is -3.18. The fraction of sp³-hybridized carbons (Fsp3) is 0. The molecule has 0 aliphatic rings. The van der Waals surface area contributed by atoms with Gasteiger partial charge in [-0.15, -0.1) is 0 Å². The van der Waals surface area contributed by atoms with Crippen molar-refractivity contribution in [3.05, 3.63) is 93.2 Å². The van der Waals surface area contributed by atoms with Gasteiger partial charge in [-0.2, -0.15) is 0 Å². The molecule has 0 N–H and O–H groups in total. The summed E-state index contributed by atoms with van der Waals surface area (Å²) in [7, 11) is 0. The van der Waals surface area contributed by atoms with Crippen LogP contribution in [-0.4, -0.2) is 10.7 Å². The standard InChI is InChI=1S/C19H12ClNO4/c20-15-5-1-13(2-6-15)18(22)11-9-17-10-12-19(25-17)14-3-7-16(8-4-14)21(23)24/h1-12H. The van der Waals surface area contributed by atoms with Gasteiger partial charge in [-0.05, 0) is 60.7 Å². The molecule has 0 fully saturated rings. The van der Waals surface area contributed by atoms with Crippen LogP contribution < -0.4 is 0 Å². The van der Waals surface area contributed by atoms with E-state index in [1.54, 1.807) is 54.6 Å². The van der Waals surface area contributed by atoms with Gasteiger partial charge in [0.2, 0.25) is 0 Å². The van der Waals surface area contributed by atoms with Crippen molar-refractivity contribution in [2.24, 2.45) is 0 Å². The third-order valence-electron chi connectivity index (χ3n) is 3.52. The SMILES string of the molecule is O=C(C=Cc1ccc(-c2ccc([N+](=O)[O-])cc2)o1)c1ccc(Cl)cc1. The zero-order chi connectivity index (χ0) is 17.8. The Morgan fingerprint density at radius 2 is 1.68 bits per heavy atom. The number of hydrogen-bond acceptors (Lipinski definition) is 4. The zero-order valence-corrected chi connectivity index (χ0v) is 13.6. The van der Waals surface area contributed by atoms with Crippen molar-refractivity contribution in [1.29, 1.82) is 0 Å². The lowest BCUT2D eigenvalue weighted by Gasteiger charge is -1.97. The number of carbonyl (C=O) groups excluding carboxylic acids is 1. The molecule has 5 nitrogen and oxygen atoms in total. The molecule has 3 aromatic rings. The molecule has 3 rings (SSSR count). The largest absolute Gasteiger partial charge is 0.457 e. The van der Waals surface area contributed by atoms with E-state index in [1.807, 2.05) is 0 Å². The van der Waals surface area contributed by atoms with Crippen molar-refractivity contribution in [3.8, 4) is 11.3 Å². The van der Waals surface area contributed by atoms with Gasteiger partial charge in [-0.1, -0.05) is 11.6 Å². The van der Waals surface area contributed by atoms with Gasteiger partial charge in [-0.3, -0.25) is 14.9 Å². The molecule has 0 atom stereocenters. The van der Waals surface area contributed by atoms with Crippen LogP contribution in [0, 0.1) is 10.1 Å². The number of ketones is 1. The Kier molecular flexibility index (Phi) is 4.77. The minimum absolute atomic E-state index is 0.0176. The normalized spacial score (nSPS) is 10.9. The van der Waals surface area contributed by atoms with Crippen LogP contribution in [0.1, 0.15) is 16.1 Å². The molecule has 0 amide bonds. The molecule has 0 aliphatic heterocycles. The van der Waals surface area contributed by atoms with Crippen LogP contribution in [0.5, 0.6) is 0 Å². The van der Waals surface area contributed by atoms with Crippen molar-refractivity contribution >= 4 is 29.1 Å². The van der Waals surface area contributed by atoms with Crippen LogP contribution in [0.15, 0.2) is 71.2 Å². The van der Waals surface area contributed by atoms with E-state index in [9.17, 15) is 14.9 Å². The number of furan rings is 1. The third kappa shape index (κ3) is 4.02. The first-order chi connectivity index (χ1) is 12.0. The minimum Gasteiger partial charge on any atom is -0.457 e. The van der Waals surface area contributed by atoms with Crippen LogP contribution in [0.2, 0.25) is 5.02 Å². The molecule has 1 heterocycles. The average molecular weight is 354 g/mol. The highest BCUT2D eigenvalue weighted by molar-refractivity contribution is 6.30. The highest BCUT2D eigenvalue weighted by Crippen LogP contribution is 2.25. The van der Waals surface area contributed by atoms with E-state index in [4.69, 9.17) is 16.0 Å². The first kappa shape index (κ1) is 16.7. The number of carbonyl (C=O) groups is 1. The zero-order valence-electron chi connectivity index (χ0n) is 12.9. The third-order valence-corrected chi connectivity index (χ3v) is 3.77. The second kappa shape index (κ2) is 7.15. The molecule has 0 radical (unpaired) electrons. The molecule has 25 heavy (non-hydrogen) atoms. The quantitative estimate of drug-likeness (QED) is 0.266.